The topological polar surface area (TPSA) is 67.4 Å². The predicted octanol–water partition coefficient (Wildman–Crippen LogP) is 3.54. The standard InChI is InChI=1S/C21H26N2O3S/c1-14-9-8-12-19(15(14)2)26-16(3)20(24)22-23-21(25)17(4)27-13-18-10-6-5-7-11-18/h5-12,16-17H,13H2,1-4H3,(H,22,24)(H,23,25). The van der Waals surface area contributed by atoms with Gasteiger partial charge in [-0.1, -0.05) is 42.5 Å². The van der Waals surface area contributed by atoms with Gasteiger partial charge < -0.3 is 4.74 Å². The molecule has 6 heteroatoms. The molecule has 0 spiro atoms. The maximum atomic E-state index is 12.2. The van der Waals surface area contributed by atoms with Crippen LogP contribution >= 0.6 is 11.8 Å². The molecule has 2 N–H and O–H groups in total. The molecule has 2 rings (SSSR count). The van der Waals surface area contributed by atoms with Gasteiger partial charge in [-0.15, -0.1) is 11.8 Å². The van der Waals surface area contributed by atoms with Gasteiger partial charge in [-0.05, 0) is 50.5 Å². The van der Waals surface area contributed by atoms with E-state index in [9.17, 15) is 9.59 Å². The molecule has 0 heterocycles. The number of rotatable bonds is 7. The summed E-state index contributed by atoms with van der Waals surface area (Å²) >= 11 is 1.51. The molecule has 0 radical (unpaired) electrons. The molecule has 0 aliphatic carbocycles. The van der Waals surface area contributed by atoms with E-state index in [0.717, 1.165) is 22.4 Å². The van der Waals surface area contributed by atoms with Crippen molar-refractivity contribution in [1.29, 1.82) is 0 Å². The molecule has 0 saturated heterocycles. The Labute approximate surface area is 164 Å². The Morgan fingerprint density at radius 2 is 1.63 bits per heavy atom. The first-order valence-electron chi connectivity index (χ1n) is 8.86. The van der Waals surface area contributed by atoms with E-state index in [0.29, 0.717) is 5.75 Å². The average molecular weight is 387 g/mol. The van der Waals surface area contributed by atoms with Crippen LogP contribution in [0.25, 0.3) is 0 Å². The molecule has 2 aromatic carbocycles. The van der Waals surface area contributed by atoms with Crippen LogP contribution in [0.4, 0.5) is 0 Å². The first kappa shape index (κ1) is 20.8. The maximum Gasteiger partial charge on any atom is 0.279 e. The van der Waals surface area contributed by atoms with Crippen molar-refractivity contribution in [2.45, 2.75) is 44.8 Å². The van der Waals surface area contributed by atoms with Crippen molar-refractivity contribution in [3.8, 4) is 5.75 Å². The number of benzene rings is 2. The molecule has 0 fully saturated rings. The first-order chi connectivity index (χ1) is 12.9. The van der Waals surface area contributed by atoms with E-state index in [4.69, 9.17) is 4.74 Å². The van der Waals surface area contributed by atoms with E-state index >= 15 is 0 Å². The summed E-state index contributed by atoms with van der Waals surface area (Å²) in [5.74, 6) is 0.749. The second-order valence-electron chi connectivity index (χ2n) is 6.38. The summed E-state index contributed by atoms with van der Waals surface area (Å²) in [6.45, 7) is 7.40. The number of hydrogen-bond acceptors (Lipinski definition) is 4. The van der Waals surface area contributed by atoms with Gasteiger partial charge in [0, 0.05) is 5.75 Å². The van der Waals surface area contributed by atoms with Crippen LogP contribution in [0.2, 0.25) is 0 Å². The smallest absolute Gasteiger partial charge is 0.279 e. The van der Waals surface area contributed by atoms with Gasteiger partial charge in [-0.2, -0.15) is 0 Å². The Morgan fingerprint density at radius 3 is 2.33 bits per heavy atom. The van der Waals surface area contributed by atoms with E-state index in [2.05, 4.69) is 10.9 Å². The van der Waals surface area contributed by atoms with Gasteiger partial charge in [0.05, 0.1) is 5.25 Å². The quantitative estimate of drug-likeness (QED) is 0.714. The van der Waals surface area contributed by atoms with Gasteiger partial charge in [-0.3, -0.25) is 20.4 Å². The lowest BCUT2D eigenvalue weighted by Gasteiger charge is -2.18. The SMILES string of the molecule is Cc1cccc(OC(C)C(=O)NNC(=O)C(C)SCc2ccccc2)c1C. The van der Waals surface area contributed by atoms with Gasteiger partial charge in [-0.25, -0.2) is 0 Å². The van der Waals surface area contributed by atoms with Crippen LogP contribution in [0.3, 0.4) is 0 Å². The minimum absolute atomic E-state index is 0.247. The van der Waals surface area contributed by atoms with Crippen molar-refractivity contribution in [2.24, 2.45) is 0 Å². The van der Waals surface area contributed by atoms with Crippen LogP contribution in [0.5, 0.6) is 5.75 Å². The van der Waals surface area contributed by atoms with Crippen LogP contribution in [-0.4, -0.2) is 23.2 Å². The molecule has 0 aliphatic rings. The molecule has 0 bridgehead atoms. The fourth-order valence-corrected chi connectivity index (χ4v) is 3.14. The lowest BCUT2D eigenvalue weighted by atomic mass is 10.1. The number of aryl methyl sites for hydroxylation is 1. The van der Waals surface area contributed by atoms with Crippen molar-refractivity contribution in [1.82, 2.24) is 10.9 Å². The zero-order valence-electron chi connectivity index (χ0n) is 16.1. The summed E-state index contributed by atoms with van der Waals surface area (Å²) < 4.78 is 5.72. The summed E-state index contributed by atoms with van der Waals surface area (Å²) in [6, 6.07) is 15.6. The normalized spacial score (nSPS) is 12.7. The maximum absolute atomic E-state index is 12.2. The molecule has 5 nitrogen and oxygen atoms in total. The van der Waals surface area contributed by atoms with Crippen molar-refractivity contribution in [3.05, 3.63) is 65.2 Å². The predicted molar refractivity (Wildman–Crippen MR) is 109 cm³/mol. The second-order valence-corrected chi connectivity index (χ2v) is 7.70. The minimum Gasteiger partial charge on any atom is -0.481 e. The highest BCUT2D eigenvalue weighted by Crippen LogP contribution is 2.21. The van der Waals surface area contributed by atoms with E-state index in [1.807, 2.05) is 69.3 Å². The Morgan fingerprint density at radius 1 is 0.963 bits per heavy atom. The third-order valence-corrected chi connectivity index (χ3v) is 5.46. The lowest BCUT2D eigenvalue weighted by Crippen LogP contribution is -2.49. The van der Waals surface area contributed by atoms with Crippen LogP contribution in [0.1, 0.15) is 30.5 Å². The number of nitrogens with one attached hydrogen (secondary N) is 2. The number of thioether (sulfide) groups is 1. The van der Waals surface area contributed by atoms with Gasteiger partial charge >= 0.3 is 0 Å². The molecule has 144 valence electrons. The number of hydrogen-bond donors (Lipinski definition) is 2. The number of ether oxygens (including phenoxy) is 1. The molecular formula is C21H26N2O3S. The second kappa shape index (κ2) is 10.0. The van der Waals surface area contributed by atoms with Crippen molar-refractivity contribution < 1.29 is 14.3 Å². The van der Waals surface area contributed by atoms with E-state index in [1.54, 1.807) is 6.92 Å². The third kappa shape index (κ3) is 6.32. The molecule has 2 unspecified atom stereocenters. The van der Waals surface area contributed by atoms with E-state index < -0.39 is 12.0 Å². The number of amides is 2. The zero-order valence-corrected chi connectivity index (χ0v) is 16.9. The van der Waals surface area contributed by atoms with Crippen molar-refractivity contribution in [3.63, 3.8) is 0 Å². The minimum atomic E-state index is -0.724. The zero-order chi connectivity index (χ0) is 19.8. The number of carbonyl (C=O) groups excluding carboxylic acids is 2. The summed E-state index contributed by atoms with van der Waals surface area (Å²) in [5.41, 5.74) is 8.15. The Bertz CT molecular complexity index is 780. The molecule has 2 atom stereocenters. The van der Waals surface area contributed by atoms with E-state index in [-0.39, 0.29) is 11.2 Å². The Kier molecular flexibility index (Phi) is 7.73. The molecule has 0 aliphatic heterocycles. The summed E-state index contributed by atoms with van der Waals surface area (Å²) in [7, 11) is 0. The first-order valence-corrected chi connectivity index (χ1v) is 9.91. The molecule has 0 saturated carbocycles. The van der Waals surface area contributed by atoms with Gasteiger partial charge in [0.2, 0.25) is 0 Å². The average Bonchev–Trinajstić information content (AvgIpc) is 2.68. The highest BCUT2D eigenvalue weighted by atomic mass is 32.2. The Hall–Kier alpha value is -2.47. The van der Waals surface area contributed by atoms with Gasteiger partial charge in [0.1, 0.15) is 5.75 Å². The molecule has 2 amide bonds. The molecule has 27 heavy (non-hydrogen) atoms. The Balaban J connectivity index is 1.78. The highest BCUT2D eigenvalue weighted by molar-refractivity contribution is 7.99. The van der Waals surface area contributed by atoms with Crippen LogP contribution in [-0.2, 0) is 15.3 Å². The van der Waals surface area contributed by atoms with Crippen LogP contribution < -0.4 is 15.6 Å². The largest absolute Gasteiger partial charge is 0.481 e. The summed E-state index contributed by atoms with van der Waals surface area (Å²) in [6.07, 6.45) is -0.724. The van der Waals surface area contributed by atoms with Gasteiger partial charge in [0.25, 0.3) is 11.8 Å². The number of hydrazine groups is 1. The fourth-order valence-electron chi connectivity index (χ4n) is 2.29. The van der Waals surface area contributed by atoms with Crippen LogP contribution in [0.15, 0.2) is 48.5 Å². The van der Waals surface area contributed by atoms with Gasteiger partial charge in [0.15, 0.2) is 6.10 Å². The van der Waals surface area contributed by atoms with Crippen LogP contribution in [0, 0.1) is 13.8 Å². The fraction of sp³-hybridized carbons (Fsp3) is 0.333. The summed E-state index contributed by atoms with van der Waals surface area (Å²) in [4.78, 5) is 24.4. The molecular weight excluding hydrogens is 360 g/mol. The molecule has 2 aromatic rings. The lowest BCUT2D eigenvalue weighted by molar-refractivity contribution is -0.132. The number of carbonyl (C=O) groups is 2. The third-order valence-electron chi connectivity index (χ3n) is 4.25. The monoisotopic (exact) mass is 386 g/mol. The van der Waals surface area contributed by atoms with Crippen molar-refractivity contribution in [2.75, 3.05) is 0 Å². The summed E-state index contributed by atoms with van der Waals surface area (Å²) in [5, 5.41) is -0.291. The van der Waals surface area contributed by atoms with Crippen molar-refractivity contribution >= 4 is 23.6 Å². The van der Waals surface area contributed by atoms with E-state index in [1.165, 1.54) is 11.8 Å². The highest BCUT2D eigenvalue weighted by Gasteiger charge is 2.19. The molecule has 0 aromatic heterocycles.